The molecule has 0 aromatic heterocycles. The minimum absolute atomic E-state index is 0.151. The van der Waals surface area contributed by atoms with E-state index in [0.29, 0.717) is 23.6 Å². The molecule has 0 bridgehead atoms. The summed E-state index contributed by atoms with van der Waals surface area (Å²) in [5.41, 5.74) is 1.08. The molecule has 0 saturated carbocycles. The molecule has 5 nitrogen and oxygen atoms in total. The maximum Gasteiger partial charge on any atom is 0.261 e. The van der Waals surface area contributed by atoms with E-state index in [4.69, 9.17) is 0 Å². The maximum absolute atomic E-state index is 12.3. The van der Waals surface area contributed by atoms with Crippen molar-refractivity contribution in [3.05, 3.63) is 35.4 Å². The van der Waals surface area contributed by atoms with E-state index in [2.05, 4.69) is 10.2 Å². The molecule has 3 rings (SSSR count). The summed E-state index contributed by atoms with van der Waals surface area (Å²) in [5.74, 6) is 0.375. The Morgan fingerprint density at radius 2 is 1.81 bits per heavy atom. The minimum atomic E-state index is -0.151. The van der Waals surface area contributed by atoms with Gasteiger partial charge >= 0.3 is 0 Å². The second kappa shape index (κ2) is 5.95. The van der Waals surface area contributed by atoms with E-state index >= 15 is 0 Å². The Hall–Kier alpha value is -1.72. The summed E-state index contributed by atoms with van der Waals surface area (Å²) in [6.07, 6.45) is 1.18. The zero-order chi connectivity index (χ0) is 14.8. The van der Waals surface area contributed by atoms with Gasteiger partial charge in [-0.2, -0.15) is 0 Å². The fourth-order valence-corrected chi connectivity index (χ4v) is 3.25. The molecule has 0 radical (unpaired) electrons. The highest BCUT2D eigenvalue weighted by Gasteiger charge is 2.35. The van der Waals surface area contributed by atoms with Gasteiger partial charge in [-0.25, -0.2) is 0 Å². The van der Waals surface area contributed by atoms with Crippen molar-refractivity contribution < 1.29 is 9.59 Å². The molecule has 21 heavy (non-hydrogen) atoms. The fourth-order valence-electron chi connectivity index (χ4n) is 3.25. The summed E-state index contributed by atoms with van der Waals surface area (Å²) in [7, 11) is 1.97. The Kier molecular flexibility index (Phi) is 4.03. The van der Waals surface area contributed by atoms with Crippen LogP contribution in [0.4, 0.5) is 0 Å². The number of likely N-dealkylation sites (tertiary alicyclic amines) is 1. The number of nitrogens with one attached hydrogen (secondary N) is 1. The van der Waals surface area contributed by atoms with Crippen molar-refractivity contribution in [1.29, 1.82) is 0 Å². The fraction of sp³-hybridized carbons (Fsp3) is 0.500. The van der Waals surface area contributed by atoms with Crippen LogP contribution in [0.3, 0.4) is 0 Å². The standard InChI is InChI=1S/C16H21N3O2/c1-17-10-12-6-7-18(11-12)8-9-19-15(20)13-4-2-3-5-14(13)16(19)21/h2-5,12,17H,6-11H2,1H3. The highest BCUT2D eigenvalue weighted by Crippen LogP contribution is 2.22. The van der Waals surface area contributed by atoms with Crippen LogP contribution in [0.15, 0.2) is 24.3 Å². The summed E-state index contributed by atoms with van der Waals surface area (Å²) >= 11 is 0. The van der Waals surface area contributed by atoms with E-state index in [0.717, 1.165) is 26.2 Å². The number of benzene rings is 1. The van der Waals surface area contributed by atoms with Crippen LogP contribution in [0.5, 0.6) is 0 Å². The van der Waals surface area contributed by atoms with E-state index in [1.54, 1.807) is 24.3 Å². The summed E-state index contributed by atoms with van der Waals surface area (Å²) in [4.78, 5) is 28.2. The van der Waals surface area contributed by atoms with Crippen LogP contribution in [-0.4, -0.2) is 61.4 Å². The van der Waals surface area contributed by atoms with E-state index in [1.165, 1.54) is 11.3 Å². The first-order valence-electron chi connectivity index (χ1n) is 7.53. The third-order valence-electron chi connectivity index (χ3n) is 4.38. The number of hydrogen-bond acceptors (Lipinski definition) is 4. The van der Waals surface area contributed by atoms with Crippen molar-refractivity contribution in [3.8, 4) is 0 Å². The normalized spacial score (nSPS) is 22.1. The van der Waals surface area contributed by atoms with Crippen molar-refractivity contribution >= 4 is 11.8 Å². The van der Waals surface area contributed by atoms with Crippen molar-refractivity contribution in [1.82, 2.24) is 15.1 Å². The molecule has 1 fully saturated rings. The van der Waals surface area contributed by atoms with Gasteiger partial charge < -0.3 is 10.2 Å². The quantitative estimate of drug-likeness (QED) is 0.815. The second-order valence-corrected chi connectivity index (χ2v) is 5.82. The van der Waals surface area contributed by atoms with Crippen molar-refractivity contribution in [2.75, 3.05) is 39.8 Å². The number of fused-ring (bicyclic) bond motifs is 1. The maximum atomic E-state index is 12.3. The Labute approximate surface area is 124 Å². The zero-order valence-corrected chi connectivity index (χ0v) is 12.3. The Morgan fingerprint density at radius 3 is 2.43 bits per heavy atom. The van der Waals surface area contributed by atoms with Crippen molar-refractivity contribution in [2.45, 2.75) is 6.42 Å². The van der Waals surface area contributed by atoms with Gasteiger partial charge in [0.05, 0.1) is 11.1 Å². The Bertz CT molecular complexity index is 523. The van der Waals surface area contributed by atoms with Gasteiger partial charge in [-0.1, -0.05) is 12.1 Å². The van der Waals surface area contributed by atoms with Gasteiger partial charge in [0.15, 0.2) is 0 Å². The van der Waals surface area contributed by atoms with Gasteiger partial charge in [0.1, 0.15) is 0 Å². The third kappa shape index (κ3) is 2.71. The van der Waals surface area contributed by atoms with Gasteiger partial charge in [0, 0.05) is 19.6 Å². The van der Waals surface area contributed by atoms with Crippen LogP contribution in [0.25, 0.3) is 0 Å². The van der Waals surface area contributed by atoms with Crippen molar-refractivity contribution in [3.63, 3.8) is 0 Å². The number of carbonyl (C=O) groups is 2. The molecule has 2 heterocycles. The average molecular weight is 287 g/mol. The molecular weight excluding hydrogens is 266 g/mol. The van der Waals surface area contributed by atoms with Gasteiger partial charge in [-0.3, -0.25) is 14.5 Å². The lowest BCUT2D eigenvalue weighted by molar-refractivity contribution is 0.0640. The number of imide groups is 1. The zero-order valence-electron chi connectivity index (χ0n) is 12.3. The molecule has 0 spiro atoms. The molecular formula is C16H21N3O2. The summed E-state index contributed by atoms with van der Waals surface area (Å²) in [5, 5.41) is 3.21. The smallest absolute Gasteiger partial charge is 0.261 e. The van der Waals surface area contributed by atoms with Crippen LogP contribution in [-0.2, 0) is 0 Å². The van der Waals surface area contributed by atoms with E-state index in [-0.39, 0.29) is 11.8 Å². The number of rotatable bonds is 5. The van der Waals surface area contributed by atoms with Crippen LogP contribution >= 0.6 is 0 Å². The van der Waals surface area contributed by atoms with Gasteiger partial charge in [-0.15, -0.1) is 0 Å². The number of carbonyl (C=O) groups excluding carboxylic acids is 2. The van der Waals surface area contributed by atoms with Gasteiger partial charge in [0.25, 0.3) is 11.8 Å². The predicted molar refractivity (Wildman–Crippen MR) is 80.3 cm³/mol. The summed E-state index contributed by atoms with van der Waals surface area (Å²) in [6.45, 7) is 4.38. The molecule has 1 unspecified atom stereocenters. The molecule has 5 heteroatoms. The van der Waals surface area contributed by atoms with Crippen LogP contribution < -0.4 is 5.32 Å². The molecule has 2 aliphatic heterocycles. The van der Waals surface area contributed by atoms with Crippen LogP contribution in [0.1, 0.15) is 27.1 Å². The number of amides is 2. The topological polar surface area (TPSA) is 52.6 Å². The molecule has 1 aromatic rings. The van der Waals surface area contributed by atoms with Crippen LogP contribution in [0, 0.1) is 5.92 Å². The molecule has 1 saturated heterocycles. The van der Waals surface area contributed by atoms with Crippen LogP contribution in [0.2, 0.25) is 0 Å². The third-order valence-corrected chi connectivity index (χ3v) is 4.38. The van der Waals surface area contributed by atoms with Gasteiger partial charge in [-0.05, 0) is 44.6 Å². The molecule has 112 valence electrons. The average Bonchev–Trinajstić information content (AvgIpc) is 3.03. The highest BCUT2D eigenvalue weighted by molar-refractivity contribution is 6.21. The lowest BCUT2D eigenvalue weighted by atomic mass is 10.1. The van der Waals surface area contributed by atoms with E-state index in [1.807, 2.05) is 7.05 Å². The first-order valence-corrected chi connectivity index (χ1v) is 7.53. The molecule has 1 atom stereocenters. The summed E-state index contributed by atoms with van der Waals surface area (Å²) in [6, 6.07) is 7.06. The van der Waals surface area contributed by atoms with Crippen molar-refractivity contribution in [2.24, 2.45) is 5.92 Å². The van der Waals surface area contributed by atoms with E-state index in [9.17, 15) is 9.59 Å². The van der Waals surface area contributed by atoms with Gasteiger partial charge in [0.2, 0.25) is 0 Å². The molecule has 2 aliphatic rings. The summed E-state index contributed by atoms with van der Waals surface area (Å²) < 4.78 is 0. The second-order valence-electron chi connectivity index (χ2n) is 5.82. The number of hydrogen-bond donors (Lipinski definition) is 1. The largest absolute Gasteiger partial charge is 0.319 e. The molecule has 2 amide bonds. The monoisotopic (exact) mass is 287 g/mol. The first-order chi connectivity index (χ1) is 10.2. The first kappa shape index (κ1) is 14.2. The lowest BCUT2D eigenvalue weighted by Gasteiger charge is -2.20. The van der Waals surface area contributed by atoms with E-state index < -0.39 is 0 Å². The molecule has 1 aromatic carbocycles. The molecule has 1 N–H and O–H groups in total. The number of nitrogens with zero attached hydrogens (tertiary/aromatic N) is 2. The predicted octanol–water partition coefficient (Wildman–Crippen LogP) is 0.824. The Morgan fingerprint density at radius 1 is 1.14 bits per heavy atom. The molecule has 0 aliphatic carbocycles. The highest BCUT2D eigenvalue weighted by atomic mass is 16.2. The SMILES string of the molecule is CNCC1CCN(CCN2C(=O)c3ccccc3C2=O)C1. The minimum Gasteiger partial charge on any atom is -0.319 e. The lowest BCUT2D eigenvalue weighted by Crippen LogP contribution is -2.37. The Balaban J connectivity index is 1.58.